The molecular weight excluding hydrogens is 170 g/mol. The van der Waals surface area contributed by atoms with E-state index in [4.69, 9.17) is 4.74 Å². The third kappa shape index (κ3) is 1.24. The largest absolute Gasteiger partial charge is 0.476 e. The van der Waals surface area contributed by atoms with E-state index < -0.39 is 0 Å². The highest BCUT2D eigenvalue weighted by atomic mass is 16.5. The van der Waals surface area contributed by atoms with Crippen molar-refractivity contribution in [2.75, 3.05) is 13.7 Å². The van der Waals surface area contributed by atoms with Crippen molar-refractivity contribution in [1.29, 1.82) is 0 Å². The maximum Gasteiger partial charge on any atom is 0.316 e. The van der Waals surface area contributed by atoms with E-state index in [0.717, 1.165) is 5.56 Å². The van der Waals surface area contributed by atoms with Crippen LogP contribution < -0.4 is 4.74 Å². The molecule has 0 saturated heterocycles. The molecule has 13 heavy (non-hydrogen) atoms. The lowest BCUT2D eigenvalue weighted by molar-refractivity contribution is -0.142. The maximum absolute atomic E-state index is 11.2. The number of aromatic nitrogens is 1. The smallest absolute Gasteiger partial charge is 0.316 e. The average molecular weight is 179 g/mol. The van der Waals surface area contributed by atoms with Gasteiger partial charge in [0.2, 0.25) is 5.88 Å². The van der Waals surface area contributed by atoms with E-state index in [2.05, 4.69) is 9.72 Å². The quantitative estimate of drug-likeness (QED) is 0.596. The number of esters is 1. The summed E-state index contributed by atoms with van der Waals surface area (Å²) in [6.45, 7) is 0.332. The number of nitrogens with zero attached hydrogens (tertiary/aromatic N) is 1. The number of hydrogen-bond donors (Lipinski definition) is 0. The van der Waals surface area contributed by atoms with Crippen molar-refractivity contribution in [2.24, 2.45) is 0 Å². The van der Waals surface area contributed by atoms with Crippen LogP contribution >= 0.6 is 0 Å². The highest BCUT2D eigenvalue weighted by Gasteiger charge is 2.31. The molecule has 4 nitrogen and oxygen atoms in total. The Labute approximate surface area is 75.5 Å². The second kappa shape index (κ2) is 3.05. The zero-order valence-corrected chi connectivity index (χ0v) is 7.19. The van der Waals surface area contributed by atoms with Crippen LogP contribution in [0.15, 0.2) is 18.3 Å². The molecule has 1 unspecified atom stereocenters. The SMILES string of the molecule is COC(=O)C1COc2ncccc21. The summed E-state index contributed by atoms with van der Waals surface area (Å²) in [6, 6.07) is 3.61. The van der Waals surface area contributed by atoms with Gasteiger partial charge in [0, 0.05) is 11.8 Å². The number of rotatable bonds is 1. The lowest BCUT2D eigenvalue weighted by atomic mass is 10.0. The molecule has 1 aromatic heterocycles. The van der Waals surface area contributed by atoms with Gasteiger partial charge in [0.15, 0.2) is 0 Å². The summed E-state index contributed by atoms with van der Waals surface area (Å²) in [4.78, 5) is 15.2. The summed E-state index contributed by atoms with van der Waals surface area (Å²) in [6.07, 6.45) is 1.64. The van der Waals surface area contributed by atoms with Crippen molar-refractivity contribution < 1.29 is 14.3 Å². The molecule has 1 aliphatic rings. The highest BCUT2D eigenvalue weighted by molar-refractivity contribution is 5.79. The topological polar surface area (TPSA) is 48.4 Å². The Balaban J connectivity index is 2.33. The number of carbonyl (C=O) groups is 1. The molecule has 2 rings (SSSR count). The first-order valence-corrected chi connectivity index (χ1v) is 3.98. The lowest BCUT2D eigenvalue weighted by Crippen LogP contribution is -2.15. The van der Waals surface area contributed by atoms with Crippen molar-refractivity contribution in [1.82, 2.24) is 4.98 Å². The second-order valence-corrected chi connectivity index (χ2v) is 2.78. The van der Waals surface area contributed by atoms with Crippen LogP contribution in [0.2, 0.25) is 0 Å². The van der Waals surface area contributed by atoms with Crippen LogP contribution in [-0.2, 0) is 9.53 Å². The molecule has 0 aliphatic carbocycles. The third-order valence-corrected chi connectivity index (χ3v) is 2.05. The van der Waals surface area contributed by atoms with E-state index in [1.54, 1.807) is 12.3 Å². The van der Waals surface area contributed by atoms with E-state index in [1.165, 1.54) is 7.11 Å². The van der Waals surface area contributed by atoms with Gasteiger partial charge in [0.05, 0.1) is 7.11 Å². The first-order chi connectivity index (χ1) is 6.33. The highest BCUT2D eigenvalue weighted by Crippen LogP contribution is 2.31. The van der Waals surface area contributed by atoms with E-state index in [0.29, 0.717) is 12.5 Å². The zero-order valence-electron chi connectivity index (χ0n) is 7.19. The minimum atomic E-state index is -0.311. The molecule has 0 fully saturated rings. The Morgan fingerprint density at radius 3 is 3.38 bits per heavy atom. The Morgan fingerprint density at radius 2 is 2.62 bits per heavy atom. The molecule has 1 aromatic rings. The van der Waals surface area contributed by atoms with Gasteiger partial charge in [-0.05, 0) is 6.07 Å². The summed E-state index contributed by atoms with van der Waals surface area (Å²) < 4.78 is 9.87. The normalized spacial score (nSPS) is 19.0. The maximum atomic E-state index is 11.2. The van der Waals surface area contributed by atoms with Gasteiger partial charge in [-0.2, -0.15) is 0 Å². The Morgan fingerprint density at radius 1 is 1.77 bits per heavy atom. The number of hydrogen-bond acceptors (Lipinski definition) is 4. The van der Waals surface area contributed by atoms with Crippen LogP contribution in [0.4, 0.5) is 0 Å². The zero-order chi connectivity index (χ0) is 9.26. The van der Waals surface area contributed by atoms with Crippen LogP contribution in [0.1, 0.15) is 11.5 Å². The summed E-state index contributed by atoms with van der Waals surface area (Å²) in [7, 11) is 1.37. The Bertz CT molecular complexity index is 337. The monoisotopic (exact) mass is 179 g/mol. The van der Waals surface area contributed by atoms with Gasteiger partial charge < -0.3 is 9.47 Å². The van der Waals surface area contributed by atoms with Crippen molar-refractivity contribution in [3.63, 3.8) is 0 Å². The molecule has 0 aromatic carbocycles. The number of methoxy groups -OCH3 is 1. The minimum Gasteiger partial charge on any atom is -0.476 e. The molecule has 0 spiro atoms. The van der Waals surface area contributed by atoms with Crippen LogP contribution in [0.25, 0.3) is 0 Å². The fourth-order valence-electron chi connectivity index (χ4n) is 1.38. The Hall–Kier alpha value is -1.58. The molecular formula is C9H9NO3. The first-order valence-electron chi connectivity index (χ1n) is 3.98. The van der Waals surface area contributed by atoms with Gasteiger partial charge in [-0.1, -0.05) is 6.07 Å². The molecule has 1 aliphatic heterocycles. The summed E-state index contributed by atoms with van der Waals surface area (Å²) in [5.41, 5.74) is 0.814. The fourth-order valence-corrected chi connectivity index (χ4v) is 1.38. The van der Waals surface area contributed by atoms with Crippen molar-refractivity contribution >= 4 is 5.97 Å². The first kappa shape index (κ1) is 8.04. The lowest BCUT2D eigenvalue weighted by Gasteiger charge is -2.04. The summed E-state index contributed by atoms with van der Waals surface area (Å²) in [5, 5.41) is 0. The molecule has 0 amide bonds. The van der Waals surface area contributed by atoms with Crippen LogP contribution in [0.3, 0.4) is 0 Å². The van der Waals surface area contributed by atoms with Gasteiger partial charge in [0.25, 0.3) is 0 Å². The molecule has 0 saturated carbocycles. The fraction of sp³-hybridized carbons (Fsp3) is 0.333. The van der Waals surface area contributed by atoms with Crippen LogP contribution in [0.5, 0.6) is 5.88 Å². The van der Waals surface area contributed by atoms with E-state index >= 15 is 0 Å². The molecule has 1 atom stereocenters. The number of ether oxygens (including phenoxy) is 2. The standard InChI is InChI=1S/C9H9NO3/c1-12-9(11)7-5-13-8-6(7)3-2-4-10-8/h2-4,7H,5H2,1H3. The third-order valence-electron chi connectivity index (χ3n) is 2.05. The average Bonchev–Trinajstić information content (AvgIpc) is 2.60. The minimum absolute atomic E-state index is 0.272. The van der Waals surface area contributed by atoms with Gasteiger partial charge in [0.1, 0.15) is 12.5 Å². The van der Waals surface area contributed by atoms with E-state index in [-0.39, 0.29) is 11.9 Å². The van der Waals surface area contributed by atoms with E-state index in [9.17, 15) is 4.79 Å². The number of pyridine rings is 1. The van der Waals surface area contributed by atoms with Crippen LogP contribution in [-0.4, -0.2) is 24.7 Å². The van der Waals surface area contributed by atoms with Gasteiger partial charge >= 0.3 is 5.97 Å². The molecule has 2 heterocycles. The molecule has 4 heteroatoms. The molecule has 0 N–H and O–H groups in total. The van der Waals surface area contributed by atoms with Crippen LogP contribution in [0, 0.1) is 0 Å². The molecule has 0 radical (unpaired) electrons. The summed E-state index contributed by atoms with van der Waals surface area (Å²) >= 11 is 0. The Kier molecular flexibility index (Phi) is 1.88. The summed E-state index contributed by atoms with van der Waals surface area (Å²) in [5.74, 6) is -0.0432. The second-order valence-electron chi connectivity index (χ2n) is 2.78. The number of fused-ring (bicyclic) bond motifs is 1. The van der Waals surface area contributed by atoms with E-state index in [1.807, 2.05) is 6.07 Å². The van der Waals surface area contributed by atoms with Crippen molar-refractivity contribution in [2.45, 2.75) is 5.92 Å². The predicted molar refractivity (Wildman–Crippen MR) is 44.5 cm³/mol. The predicted octanol–water partition coefficient (Wildman–Crippen LogP) is 0.731. The molecule has 68 valence electrons. The van der Waals surface area contributed by atoms with Gasteiger partial charge in [-0.25, -0.2) is 4.98 Å². The van der Waals surface area contributed by atoms with Crippen molar-refractivity contribution in [3.8, 4) is 5.88 Å². The van der Waals surface area contributed by atoms with Crippen molar-refractivity contribution in [3.05, 3.63) is 23.9 Å². The van der Waals surface area contributed by atoms with Gasteiger partial charge in [-0.15, -0.1) is 0 Å². The van der Waals surface area contributed by atoms with Gasteiger partial charge in [-0.3, -0.25) is 4.79 Å². The number of carbonyl (C=O) groups excluding carboxylic acids is 1. The molecule has 0 bridgehead atoms.